The second-order valence-electron chi connectivity index (χ2n) is 9.33. The summed E-state index contributed by atoms with van der Waals surface area (Å²) in [6.45, 7) is 4.48. The summed E-state index contributed by atoms with van der Waals surface area (Å²) >= 11 is 0. The SMILES string of the molecule is Cc1cc(N(C)C(=O)O)ccc1N1CCC[C@]2(CCN([C@H]3CC[C@H](O)CC3)C2=O)C1. The fourth-order valence-corrected chi connectivity index (χ4v) is 5.60. The van der Waals surface area contributed by atoms with Gasteiger partial charge in [0, 0.05) is 44.1 Å². The van der Waals surface area contributed by atoms with Crippen molar-refractivity contribution in [1.82, 2.24) is 4.90 Å². The van der Waals surface area contributed by atoms with Gasteiger partial charge in [0.2, 0.25) is 5.91 Å². The molecule has 164 valence electrons. The quantitative estimate of drug-likeness (QED) is 0.792. The number of nitrogens with zero attached hydrogens (tertiary/aromatic N) is 3. The number of aliphatic hydroxyl groups is 1. The van der Waals surface area contributed by atoms with E-state index in [-0.39, 0.29) is 17.6 Å². The van der Waals surface area contributed by atoms with Crippen LogP contribution >= 0.6 is 0 Å². The number of amides is 2. The molecular formula is C23H33N3O4. The van der Waals surface area contributed by atoms with Crippen molar-refractivity contribution in [3.05, 3.63) is 23.8 Å². The number of rotatable bonds is 3. The highest BCUT2D eigenvalue weighted by molar-refractivity contribution is 5.87. The molecule has 1 spiro atoms. The third-order valence-electron chi connectivity index (χ3n) is 7.42. The Labute approximate surface area is 178 Å². The predicted molar refractivity (Wildman–Crippen MR) is 116 cm³/mol. The van der Waals surface area contributed by atoms with E-state index in [1.54, 1.807) is 7.05 Å². The van der Waals surface area contributed by atoms with Crippen LogP contribution in [-0.4, -0.2) is 65.9 Å². The van der Waals surface area contributed by atoms with Crippen LogP contribution < -0.4 is 9.80 Å². The van der Waals surface area contributed by atoms with Crippen LogP contribution in [0.1, 0.15) is 50.5 Å². The number of hydrogen-bond acceptors (Lipinski definition) is 4. The summed E-state index contributed by atoms with van der Waals surface area (Å²) in [4.78, 5) is 30.4. The van der Waals surface area contributed by atoms with Crippen molar-refractivity contribution < 1.29 is 19.8 Å². The van der Waals surface area contributed by atoms with Gasteiger partial charge in [-0.25, -0.2) is 4.79 Å². The summed E-state index contributed by atoms with van der Waals surface area (Å²) in [6, 6.07) is 6.01. The monoisotopic (exact) mass is 415 g/mol. The molecule has 1 aromatic rings. The summed E-state index contributed by atoms with van der Waals surface area (Å²) in [7, 11) is 1.54. The molecule has 1 atom stereocenters. The Balaban J connectivity index is 1.49. The van der Waals surface area contributed by atoms with Crippen molar-refractivity contribution in [3.8, 4) is 0 Å². The molecule has 1 aromatic carbocycles. The second kappa shape index (κ2) is 8.10. The van der Waals surface area contributed by atoms with Crippen molar-refractivity contribution in [1.29, 1.82) is 0 Å². The molecule has 7 nitrogen and oxygen atoms in total. The Morgan fingerprint density at radius 2 is 1.90 bits per heavy atom. The van der Waals surface area contributed by atoms with E-state index in [1.165, 1.54) is 4.90 Å². The van der Waals surface area contributed by atoms with E-state index in [0.29, 0.717) is 11.6 Å². The lowest BCUT2D eigenvalue weighted by molar-refractivity contribution is -0.139. The number of carbonyl (C=O) groups is 2. The van der Waals surface area contributed by atoms with Gasteiger partial charge in [-0.1, -0.05) is 0 Å². The lowest BCUT2D eigenvalue weighted by atomic mass is 9.78. The summed E-state index contributed by atoms with van der Waals surface area (Å²) < 4.78 is 0. The highest BCUT2D eigenvalue weighted by Crippen LogP contribution is 2.44. The number of piperidine rings is 1. The fourth-order valence-electron chi connectivity index (χ4n) is 5.60. The van der Waals surface area contributed by atoms with E-state index in [4.69, 9.17) is 0 Å². The van der Waals surface area contributed by atoms with Gasteiger partial charge in [-0.05, 0) is 75.6 Å². The van der Waals surface area contributed by atoms with Crippen LogP contribution in [0.25, 0.3) is 0 Å². The predicted octanol–water partition coefficient (Wildman–Crippen LogP) is 3.23. The first-order valence-electron chi connectivity index (χ1n) is 11.1. The van der Waals surface area contributed by atoms with E-state index < -0.39 is 6.09 Å². The van der Waals surface area contributed by atoms with Gasteiger partial charge < -0.3 is 20.0 Å². The molecule has 0 bridgehead atoms. The number of likely N-dealkylation sites (tertiary alicyclic amines) is 1. The Morgan fingerprint density at radius 3 is 2.57 bits per heavy atom. The van der Waals surface area contributed by atoms with E-state index >= 15 is 0 Å². The number of anilines is 2. The summed E-state index contributed by atoms with van der Waals surface area (Å²) in [5, 5.41) is 19.0. The lowest BCUT2D eigenvalue weighted by Gasteiger charge is -2.42. The smallest absolute Gasteiger partial charge is 0.411 e. The van der Waals surface area contributed by atoms with Crippen LogP contribution in [0.15, 0.2) is 18.2 Å². The van der Waals surface area contributed by atoms with Gasteiger partial charge in [0.15, 0.2) is 0 Å². The van der Waals surface area contributed by atoms with Crippen LogP contribution in [-0.2, 0) is 4.79 Å². The van der Waals surface area contributed by atoms with Crippen molar-refractivity contribution in [2.24, 2.45) is 5.41 Å². The molecule has 2 amide bonds. The zero-order valence-electron chi connectivity index (χ0n) is 18.0. The summed E-state index contributed by atoms with van der Waals surface area (Å²) in [5.41, 5.74) is 2.46. The molecule has 0 unspecified atom stereocenters. The van der Waals surface area contributed by atoms with Gasteiger partial charge in [-0.3, -0.25) is 9.69 Å². The minimum Gasteiger partial charge on any atom is -0.465 e. The maximum absolute atomic E-state index is 13.5. The second-order valence-corrected chi connectivity index (χ2v) is 9.33. The summed E-state index contributed by atoms with van der Waals surface area (Å²) in [5.74, 6) is 0.300. The maximum atomic E-state index is 13.5. The number of hydrogen-bond donors (Lipinski definition) is 2. The number of aryl methyl sites for hydroxylation is 1. The zero-order valence-corrected chi connectivity index (χ0v) is 18.0. The molecule has 3 fully saturated rings. The number of carbonyl (C=O) groups excluding carboxylic acids is 1. The minimum atomic E-state index is -0.981. The Kier molecular flexibility index (Phi) is 5.66. The van der Waals surface area contributed by atoms with Crippen LogP contribution in [0.5, 0.6) is 0 Å². The number of carboxylic acid groups (broad SMARTS) is 1. The van der Waals surface area contributed by atoms with Crippen molar-refractivity contribution in [3.63, 3.8) is 0 Å². The van der Waals surface area contributed by atoms with E-state index in [0.717, 1.165) is 75.8 Å². The standard InChI is InChI=1S/C23H33N3O4/c1-16-14-18(24(2)22(29)30)6-9-20(16)25-12-3-10-23(15-25)11-13-26(21(23)28)17-4-7-19(27)8-5-17/h6,9,14,17,19,27H,3-5,7-8,10-13,15H2,1-2H3,(H,29,30)/t17-,19-,23-/m0/s1. The number of benzene rings is 1. The molecule has 4 rings (SSSR count). The third kappa shape index (κ3) is 3.75. The molecule has 2 aliphatic heterocycles. The van der Waals surface area contributed by atoms with Crippen molar-refractivity contribution >= 4 is 23.4 Å². The lowest BCUT2D eigenvalue weighted by Crippen LogP contribution is -2.50. The fraction of sp³-hybridized carbons (Fsp3) is 0.652. The van der Waals surface area contributed by atoms with Gasteiger partial charge in [-0.2, -0.15) is 0 Å². The average Bonchev–Trinajstić information content (AvgIpc) is 3.03. The largest absolute Gasteiger partial charge is 0.465 e. The third-order valence-corrected chi connectivity index (χ3v) is 7.42. The topological polar surface area (TPSA) is 84.3 Å². The van der Waals surface area contributed by atoms with Crippen molar-refractivity contribution in [2.75, 3.05) is 36.5 Å². The first kappa shape index (κ1) is 21.0. The van der Waals surface area contributed by atoms with Gasteiger partial charge >= 0.3 is 6.09 Å². The van der Waals surface area contributed by atoms with Gasteiger partial charge in [-0.15, -0.1) is 0 Å². The Morgan fingerprint density at radius 1 is 1.17 bits per heavy atom. The van der Waals surface area contributed by atoms with Gasteiger partial charge in [0.25, 0.3) is 0 Å². The normalized spacial score (nSPS) is 29.5. The average molecular weight is 416 g/mol. The molecule has 30 heavy (non-hydrogen) atoms. The molecule has 1 saturated carbocycles. The van der Waals surface area contributed by atoms with Gasteiger partial charge in [0.1, 0.15) is 0 Å². The summed E-state index contributed by atoms with van der Waals surface area (Å²) in [6.07, 6.45) is 5.05. The van der Waals surface area contributed by atoms with Crippen molar-refractivity contribution in [2.45, 2.75) is 64.0 Å². The first-order chi connectivity index (χ1) is 14.3. The molecule has 0 aromatic heterocycles. The molecular weight excluding hydrogens is 382 g/mol. The molecule has 3 aliphatic rings. The maximum Gasteiger partial charge on any atom is 0.411 e. The van der Waals surface area contributed by atoms with Crippen LogP contribution in [0.4, 0.5) is 16.2 Å². The molecule has 0 radical (unpaired) electrons. The van der Waals surface area contributed by atoms with Crippen LogP contribution in [0.3, 0.4) is 0 Å². The van der Waals surface area contributed by atoms with Gasteiger partial charge in [0.05, 0.1) is 11.5 Å². The van der Waals surface area contributed by atoms with E-state index in [9.17, 15) is 19.8 Å². The molecule has 1 aliphatic carbocycles. The zero-order chi connectivity index (χ0) is 21.5. The Hall–Kier alpha value is -2.28. The molecule has 2 saturated heterocycles. The minimum absolute atomic E-state index is 0.204. The van der Waals surface area contributed by atoms with Crippen LogP contribution in [0, 0.1) is 12.3 Å². The van der Waals surface area contributed by atoms with Crippen LogP contribution in [0.2, 0.25) is 0 Å². The highest BCUT2D eigenvalue weighted by atomic mass is 16.4. The Bertz CT molecular complexity index is 821. The number of aliphatic hydroxyl groups excluding tert-OH is 1. The first-order valence-corrected chi connectivity index (χ1v) is 11.1. The van der Waals surface area contributed by atoms with E-state index in [2.05, 4.69) is 9.80 Å². The van der Waals surface area contributed by atoms with E-state index in [1.807, 2.05) is 25.1 Å². The molecule has 2 heterocycles. The molecule has 2 N–H and O–H groups in total. The molecule has 7 heteroatoms. The highest BCUT2D eigenvalue weighted by Gasteiger charge is 2.50.